The van der Waals surface area contributed by atoms with E-state index in [4.69, 9.17) is 9.47 Å². The number of benzene rings is 4. The van der Waals surface area contributed by atoms with Crippen molar-refractivity contribution in [2.24, 2.45) is 5.10 Å². The summed E-state index contributed by atoms with van der Waals surface area (Å²) in [5.41, 5.74) is 7.07. The summed E-state index contributed by atoms with van der Waals surface area (Å²) >= 11 is 1.52. The third-order valence-electron chi connectivity index (χ3n) is 5.48. The molecule has 0 atom stereocenters. The van der Waals surface area contributed by atoms with E-state index in [1.807, 2.05) is 73.0 Å². The molecule has 0 aliphatic carbocycles. The van der Waals surface area contributed by atoms with Gasteiger partial charge in [-0.2, -0.15) is 5.10 Å². The second-order valence-electron chi connectivity index (χ2n) is 7.84. The summed E-state index contributed by atoms with van der Waals surface area (Å²) in [6.07, 6.45) is 1.75. The van der Waals surface area contributed by atoms with Crippen molar-refractivity contribution in [3.8, 4) is 22.8 Å². The van der Waals surface area contributed by atoms with E-state index in [-0.39, 0.29) is 0 Å². The number of aromatic nitrogens is 1. The Morgan fingerprint density at radius 3 is 2.60 bits per heavy atom. The van der Waals surface area contributed by atoms with Gasteiger partial charge in [0.2, 0.25) is 5.13 Å². The molecule has 174 valence electrons. The predicted octanol–water partition coefficient (Wildman–Crippen LogP) is 7.39. The fourth-order valence-corrected chi connectivity index (χ4v) is 4.46. The van der Waals surface area contributed by atoms with Gasteiger partial charge in [0.25, 0.3) is 0 Å². The van der Waals surface area contributed by atoms with Crippen LogP contribution < -0.4 is 14.9 Å². The lowest BCUT2D eigenvalue weighted by Gasteiger charge is -2.13. The molecule has 0 saturated heterocycles. The van der Waals surface area contributed by atoms with E-state index in [0.717, 1.165) is 27.5 Å². The zero-order chi connectivity index (χ0) is 23.9. The Balaban J connectivity index is 1.26. The van der Waals surface area contributed by atoms with Gasteiger partial charge in [0.15, 0.2) is 11.5 Å². The lowest BCUT2D eigenvalue weighted by Crippen LogP contribution is -2.01. The van der Waals surface area contributed by atoms with Crippen LogP contribution >= 0.6 is 11.3 Å². The summed E-state index contributed by atoms with van der Waals surface area (Å²) in [4.78, 5) is 4.60. The number of anilines is 1. The van der Waals surface area contributed by atoms with Crippen LogP contribution in [0.1, 0.15) is 18.1 Å². The number of hydrazone groups is 1. The third kappa shape index (κ3) is 5.50. The Hall–Kier alpha value is -4.16. The third-order valence-corrected chi connectivity index (χ3v) is 6.23. The van der Waals surface area contributed by atoms with Crippen LogP contribution in [-0.4, -0.2) is 17.8 Å². The van der Waals surface area contributed by atoms with Crippen molar-refractivity contribution in [2.75, 3.05) is 12.0 Å². The fraction of sp³-hybridized carbons (Fsp3) is 0.103. The molecule has 1 aromatic heterocycles. The number of rotatable bonds is 9. The number of nitrogens with zero attached hydrogens (tertiary/aromatic N) is 2. The fourth-order valence-electron chi connectivity index (χ4n) is 3.79. The van der Waals surface area contributed by atoms with E-state index in [0.29, 0.717) is 24.7 Å². The number of ether oxygens (including phenoxy) is 2. The summed E-state index contributed by atoms with van der Waals surface area (Å²) < 4.78 is 12.0. The van der Waals surface area contributed by atoms with Crippen LogP contribution in [-0.2, 0) is 6.61 Å². The molecule has 5 nitrogen and oxygen atoms in total. The molecular weight excluding hydrogens is 454 g/mol. The van der Waals surface area contributed by atoms with Crippen molar-refractivity contribution < 1.29 is 9.47 Å². The highest BCUT2D eigenvalue weighted by Gasteiger charge is 2.08. The Kier molecular flexibility index (Phi) is 7.01. The van der Waals surface area contributed by atoms with Gasteiger partial charge >= 0.3 is 0 Å². The topological polar surface area (TPSA) is 55.7 Å². The highest BCUT2D eigenvalue weighted by atomic mass is 32.1. The van der Waals surface area contributed by atoms with Crippen LogP contribution in [0.3, 0.4) is 0 Å². The summed E-state index contributed by atoms with van der Waals surface area (Å²) in [5, 5.41) is 9.50. The van der Waals surface area contributed by atoms with E-state index >= 15 is 0 Å². The average Bonchev–Trinajstić information content (AvgIpc) is 3.38. The minimum absolute atomic E-state index is 0.463. The first-order valence-electron chi connectivity index (χ1n) is 11.5. The SMILES string of the molecule is CCOc1cc(C=NNc2nc(-c3ccccc3)cs2)ccc1OCc1cccc2ccccc12. The van der Waals surface area contributed by atoms with Crippen molar-refractivity contribution in [1.29, 1.82) is 0 Å². The van der Waals surface area contributed by atoms with Crippen molar-refractivity contribution in [2.45, 2.75) is 13.5 Å². The zero-order valence-electron chi connectivity index (χ0n) is 19.3. The van der Waals surface area contributed by atoms with Gasteiger partial charge in [0.05, 0.1) is 18.5 Å². The molecule has 0 fully saturated rings. The first-order chi connectivity index (χ1) is 17.3. The van der Waals surface area contributed by atoms with Gasteiger partial charge in [0, 0.05) is 10.9 Å². The van der Waals surface area contributed by atoms with Crippen LogP contribution in [0.5, 0.6) is 11.5 Å². The number of nitrogens with one attached hydrogen (secondary N) is 1. The van der Waals surface area contributed by atoms with Gasteiger partial charge in [-0.15, -0.1) is 11.3 Å². The Bertz CT molecular complexity index is 1440. The molecular formula is C29H25N3O2S. The van der Waals surface area contributed by atoms with Crippen molar-refractivity contribution >= 4 is 33.5 Å². The molecule has 0 radical (unpaired) electrons. The monoisotopic (exact) mass is 479 g/mol. The van der Waals surface area contributed by atoms with Crippen LogP contribution in [0.2, 0.25) is 0 Å². The number of thiazole rings is 1. The summed E-state index contributed by atoms with van der Waals surface area (Å²) in [6, 6.07) is 30.5. The average molecular weight is 480 g/mol. The minimum atomic E-state index is 0.463. The van der Waals surface area contributed by atoms with Crippen molar-refractivity contribution in [1.82, 2.24) is 4.98 Å². The molecule has 5 aromatic rings. The normalized spacial score (nSPS) is 11.1. The lowest BCUT2D eigenvalue weighted by molar-refractivity contribution is 0.270. The number of hydrogen-bond acceptors (Lipinski definition) is 6. The van der Waals surface area contributed by atoms with Crippen LogP contribution in [0.25, 0.3) is 22.0 Å². The molecule has 1 heterocycles. The Labute approximate surface area is 208 Å². The standard InChI is InChI=1S/C29H25N3O2S/c1-2-33-28-17-21(18-30-32-29-31-26(20-35-29)23-10-4-3-5-11-23)15-16-27(28)34-19-24-13-8-12-22-9-6-7-14-25(22)24/h3-18,20H,2,19H2,1H3,(H,31,32). The molecule has 0 bridgehead atoms. The molecule has 0 saturated carbocycles. The van der Waals surface area contributed by atoms with Gasteiger partial charge in [-0.3, -0.25) is 5.43 Å². The lowest BCUT2D eigenvalue weighted by atomic mass is 10.1. The second-order valence-corrected chi connectivity index (χ2v) is 8.70. The van der Waals surface area contributed by atoms with Gasteiger partial charge < -0.3 is 9.47 Å². The van der Waals surface area contributed by atoms with Gasteiger partial charge in [-0.25, -0.2) is 4.98 Å². The molecule has 35 heavy (non-hydrogen) atoms. The minimum Gasteiger partial charge on any atom is -0.490 e. The van der Waals surface area contributed by atoms with E-state index in [1.165, 1.54) is 22.1 Å². The molecule has 0 spiro atoms. The molecule has 6 heteroatoms. The largest absolute Gasteiger partial charge is 0.490 e. The summed E-state index contributed by atoms with van der Waals surface area (Å²) in [6.45, 7) is 2.97. The Morgan fingerprint density at radius 1 is 0.886 bits per heavy atom. The van der Waals surface area contributed by atoms with Crippen LogP contribution in [0.4, 0.5) is 5.13 Å². The molecule has 0 aliphatic rings. The molecule has 0 aliphatic heterocycles. The number of fused-ring (bicyclic) bond motifs is 1. The first kappa shape index (κ1) is 22.6. The van der Waals surface area contributed by atoms with E-state index in [9.17, 15) is 0 Å². The zero-order valence-corrected chi connectivity index (χ0v) is 20.2. The van der Waals surface area contributed by atoms with Crippen LogP contribution in [0, 0.1) is 0 Å². The molecule has 4 aromatic carbocycles. The maximum absolute atomic E-state index is 6.16. The highest BCUT2D eigenvalue weighted by molar-refractivity contribution is 7.14. The van der Waals surface area contributed by atoms with Gasteiger partial charge in [-0.05, 0) is 47.0 Å². The first-order valence-corrected chi connectivity index (χ1v) is 12.3. The number of hydrogen-bond donors (Lipinski definition) is 1. The smallest absolute Gasteiger partial charge is 0.203 e. The van der Waals surface area contributed by atoms with E-state index < -0.39 is 0 Å². The highest BCUT2D eigenvalue weighted by Crippen LogP contribution is 2.30. The maximum atomic E-state index is 6.16. The summed E-state index contributed by atoms with van der Waals surface area (Å²) in [7, 11) is 0. The van der Waals surface area contributed by atoms with Crippen molar-refractivity contribution in [3.63, 3.8) is 0 Å². The van der Waals surface area contributed by atoms with Crippen molar-refractivity contribution in [3.05, 3.63) is 108 Å². The Morgan fingerprint density at radius 2 is 1.71 bits per heavy atom. The second kappa shape index (κ2) is 10.8. The predicted molar refractivity (Wildman–Crippen MR) is 145 cm³/mol. The quantitative estimate of drug-likeness (QED) is 0.177. The molecule has 0 amide bonds. The van der Waals surface area contributed by atoms with Gasteiger partial charge in [-0.1, -0.05) is 72.8 Å². The molecule has 0 unspecified atom stereocenters. The summed E-state index contributed by atoms with van der Waals surface area (Å²) in [5.74, 6) is 1.40. The molecule has 5 rings (SSSR count). The van der Waals surface area contributed by atoms with Crippen LogP contribution in [0.15, 0.2) is 101 Å². The van der Waals surface area contributed by atoms with Gasteiger partial charge in [0.1, 0.15) is 6.61 Å². The van der Waals surface area contributed by atoms with E-state index in [1.54, 1.807) is 6.21 Å². The van der Waals surface area contributed by atoms with E-state index in [2.05, 4.69) is 45.8 Å². The maximum Gasteiger partial charge on any atom is 0.203 e. The molecule has 1 N–H and O–H groups in total.